The Bertz CT molecular complexity index is 1420. The molecule has 8 heteroatoms. The molecule has 3 aromatic rings. The SMILES string of the molecule is Cc1ccc(CN(C(=O)CCCN(c2cc(C)cc(C)c2)S(C)(=O)=O)C(Cc2ccccc2)C(=O)NCC(C)C)cc1. The third-order valence-corrected chi connectivity index (χ3v) is 8.27. The van der Waals surface area contributed by atoms with Crippen LogP contribution in [0.15, 0.2) is 72.8 Å². The van der Waals surface area contributed by atoms with Gasteiger partial charge in [-0.25, -0.2) is 8.42 Å². The van der Waals surface area contributed by atoms with Crippen molar-refractivity contribution in [1.29, 1.82) is 0 Å². The number of nitrogens with one attached hydrogen (secondary N) is 1. The Hall–Kier alpha value is -3.65. The van der Waals surface area contributed by atoms with E-state index < -0.39 is 16.1 Å². The summed E-state index contributed by atoms with van der Waals surface area (Å²) in [5, 5.41) is 3.04. The number of aryl methyl sites for hydroxylation is 3. The molecule has 0 bridgehead atoms. The van der Waals surface area contributed by atoms with Crippen LogP contribution in [0.4, 0.5) is 5.69 Å². The fourth-order valence-corrected chi connectivity index (χ4v) is 5.91. The normalized spacial score (nSPS) is 12.2. The Balaban J connectivity index is 1.89. The van der Waals surface area contributed by atoms with E-state index >= 15 is 0 Å². The van der Waals surface area contributed by atoms with Crippen molar-refractivity contribution in [1.82, 2.24) is 10.2 Å². The van der Waals surface area contributed by atoms with Gasteiger partial charge in [-0.3, -0.25) is 13.9 Å². The van der Waals surface area contributed by atoms with Gasteiger partial charge >= 0.3 is 0 Å². The number of anilines is 1. The molecule has 0 radical (unpaired) electrons. The smallest absolute Gasteiger partial charge is 0.243 e. The molecule has 3 rings (SSSR count). The van der Waals surface area contributed by atoms with Crippen LogP contribution in [0, 0.1) is 26.7 Å². The summed E-state index contributed by atoms with van der Waals surface area (Å²) in [6, 6.07) is 22.6. The van der Waals surface area contributed by atoms with Crippen molar-refractivity contribution in [2.45, 2.75) is 66.5 Å². The first-order chi connectivity index (χ1) is 19.8. The van der Waals surface area contributed by atoms with E-state index in [0.29, 0.717) is 25.1 Å². The van der Waals surface area contributed by atoms with Crippen molar-refractivity contribution in [2.24, 2.45) is 5.92 Å². The topological polar surface area (TPSA) is 86.8 Å². The zero-order valence-corrected chi connectivity index (χ0v) is 26.6. The predicted molar refractivity (Wildman–Crippen MR) is 171 cm³/mol. The predicted octanol–water partition coefficient (Wildman–Crippen LogP) is 5.57. The Morgan fingerprint density at radius 2 is 1.45 bits per heavy atom. The maximum Gasteiger partial charge on any atom is 0.243 e. The van der Waals surface area contributed by atoms with E-state index in [1.54, 1.807) is 4.90 Å². The van der Waals surface area contributed by atoms with E-state index in [2.05, 4.69) is 5.32 Å². The third kappa shape index (κ3) is 10.0. The van der Waals surface area contributed by atoms with Crippen LogP contribution in [0.25, 0.3) is 0 Å². The average molecular weight is 592 g/mol. The van der Waals surface area contributed by atoms with Crippen molar-refractivity contribution >= 4 is 27.5 Å². The van der Waals surface area contributed by atoms with E-state index in [1.165, 1.54) is 10.6 Å². The van der Waals surface area contributed by atoms with Crippen LogP contribution < -0.4 is 9.62 Å². The largest absolute Gasteiger partial charge is 0.354 e. The molecule has 2 amide bonds. The van der Waals surface area contributed by atoms with Crippen LogP contribution in [0.1, 0.15) is 54.5 Å². The highest BCUT2D eigenvalue weighted by Crippen LogP contribution is 2.23. The molecule has 0 saturated carbocycles. The molecular weight excluding hydrogens is 546 g/mol. The van der Waals surface area contributed by atoms with Crippen LogP contribution in [0.3, 0.4) is 0 Å². The van der Waals surface area contributed by atoms with Crippen molar-refractivity contribution < 1.29 is 18.0 Å². The van der Waals surface area contributed by atoms with Gasteiger partial charge in [-0.1, -0.05) is 80.1 Å². The average Bonchev–Trinajstić information content (AvgIpc) is 2.91. The number of sulfonamides is 1. The second-order valence-electron chi connectivity index (χ2n) is 11.6. The minimum atomic E-state index is -3.56. The fraction of sp³-hybridized carbons (Fsp3) is 0.412. The first-order valence-electron chi connectivity index (χ1n) is 14.6. The van der Waals surface area contributed by atoms with Gasteiger partial charge in [0, 0.05) is 32.5 Å². The van der Waals surface area contributed by atoms with Gasteiger partial charge in [0.05, 0.1) is 11.9 Å². The molecule has 42 heavy (non-hydrogen) atoms. The lowest BCUT2D eigenvalue weighted by Crippen LogP contribution is -2.51. The van der Waals surface area contributed by atoms with Gasteiger partial charge in [0.25, 0.3) is 0 Å². The number of nitrogens with zero attached hydrogens (tertiary/aromatic N) is 2. The Morgan fingerprint density at radius 3 is 2.02 bits per heavy atom. The first kappa shape index (κ1) is 32.9. The van der Waals surface area contributed by atoms with Crippen LogP contribution >= 0.6 is 0 Å². The number of carbonyl (C=O) groups is 2. The molecular formula is C34H45N3O4S. The molecule has 0 aliphatic heterocycles. The van der Waals surface area contributed by atoms with Crippen molar-refractivity contribution in [3.8, 4) is 0 Å². The van der Waals surface area contributed by atoms with E-state index in [-0.39, 0.29) is 37.2 Å². The summed E-state index contributed by atoms with van der Waals surface area (Å²) in [6.07, 6.45) is 1.98. The van der Waals surface area contributed by atoms with Crippen molar-refractivity contribution in [2.75, 3.05) is 23.7 Å². The number of carbonyl (C=O) groups excluding carboxylic acids is 2. The molecule has 1 atom stereocenters. The maximum atomic E-state index is 13.9. The first-order valence-corrected chi connectivity index (χ1v) is 16.4. The fourth-order valence-electron chi connectivity index (χ4n) is 4.97. The minimum absolute atomic E-state index is 0.103. The molecule has 0 aliphatic rings. The van der Waals surface area contributed by atoms with Gasteiger partial charge in [0.2, 0.25) is 21.8 Å². The zero-order chi connectivity index (χ0) is 30.9. The highest BCUT2D eigenvalue weighted by molar-refractivity contribution is 7.92. The molecule has 7 nitrogen and oxygen atoms in total. The van der Waals surface area contributed by atoms with Crippen LogP contribution in [-0.2, 0) is 32.6 Å². The number of amides is 2. The van der Waals surface area contributed by atoms with E-state index in [1.807, 2.05) is 107 Å². The Morgan fingerprint density at radius 1 is 0.833 bits per heavy atom. The minimum Gasteiger partial charge on any atom is -0.354 e. The molecule has 0 fully saturated rings. The lowest BCUT2D eigenvalue weighted by Gasteiger charge is -2.32. The Labute approximate surface area is 252 Å². The lowest BCUT2D eigenvalue weighted by atomic mass is 10.0. The second kappa shape index (κ2) is 15.0. The quantitative estimate of drug-likeness (QED) is 0.266. The second-order valence-corrected chi connectivity index (χ2v) is 13.5. The molecule has 1 unspecified atom stereocenters. The number of rotatable bonds is 14. The summed E-state index contributed by atoms with van der Waals surface area (Å²) < 4.78 is 26.8. The van der Waals surface area contributed by atoms with Gasteiger partial charge < -0.3 is 10.2 Å². The van der Waals surface area contributed by atoms with Crippen molar-refractivity contribution in [3.63, 3.8) is 0 Å². The van der Waals surface area contributed by atoms with Crippen LogP contribution in [-0.4, -0.2) is 50.5 Å². The van der Waals surface area contributed by atoms with Gasteiger partial charge in [-0.15, -0.1) is 0 Å². The van der Waals surface area contributed by atoms with Crippen LogP contribution in [0.2, 0.25) is 0 Å². The molecule has 0 aromatic heterocycles. The number of hydrogen-bond donors (Lipinski definition) is 1. The summed E-state index contributed by atoms with van der Waals surface area (Å²) >= 11 is 0. The standard InChI is InChI=1S/C34H45N3O4S/c1-25(2)23-35-34(39)32(22-29-11-8-7-9-12-29)36(24-30-16-14-26(3)15-17-30)33(38)13-10-18-37(42(6,40)41)31-20-27(4)19-28(5)21-31/h7-9,11-12,14-17,19-21,25,32H,10,13,18,22-24H2,1-6H3,(H,35,39). The summed E-state index contributed by atoms with van der Waals surface area (Å²) in [5.74, 6) is -0.120. The molecule has 0 spiro atoms. The zero-order valence-electron chi connectivity index (χ0n) is 25.8. The highest BCUT2D eigenvalue weighted by atomic mass is 32.2. The summed E-state index contributed by atoms with van der Waals surface area (Å²) in [5.41, 5.74) is 5.53. The van der Waals surface area contributed by atoms with Gasteiger partial charge in [0.15, 0.2) is 0 Å². The molecule has 226 valence electrons. The Kier molecular flexibility index (Phi) is 11.7. The molecule has 0 aliphatic carbocycles. The maximum absolute atomic E-state index is 13.9. The highest BCUT2D eigenvalue weighted by Gasteiger charge is 2.30. The summed E-state index contributed by atoms with van der Waals surface area (Å²) in [4.78, 5) is 29.2. The summed E-state index contributed by atoms with van der Waals surface area (Å²) in [6.45, 7) is 10.9. The van der Waals surface area contributed by atoms with E-state index in [0.717, 1.165) is 27.8 Å². The number of benzene rings is 3. The molecule has 1 N–H and O–H groups in total. The monoisotopic (exact) mass is 591 g/mol. The lowest BCUT2D eigenvalue weighted by molar-refractivity contribution is -0.141. The molecule has 0 saturated heterocycles. The molecule has 0 heterocycles. The summed E-state index contributed by atoms with van der Waals surface area (Å²) in [7, 11) is -3.56. The third-order valence-electron chi connectivity index (χ3n) is 7.08. The number of hydrogen-bond acceptors (Lipinski definition) is 4. The van der Waals surface area contributed by atoms with E-state index in [4.69, 9.17) is 0 Å². The molecule has 3 aromatic carbocycles. The van der Waals surface area contributed by atoms with Crippen LogP contribution in [0.5, 0.6) is 0 Å². The van der Waals surface area contributed by atoms with Gasteiger partial charge in [-0.2, -0.15) is 0 Å². The van der Waals surface area contributed by atoms with E-state index in [9.17, 15) is 18.0 Å². The van der Waals surface area contributed by atoms with Gasteiger partial charge in [0.1, 0.15) is 6.04 Å². The van der Waals surface area contributed by atoms with Crippen molar-refractivity contribution in [3.05, 3.63) is 101 Å². The van der Waals surface area contributed by atoms with Gasteiger partial charge in [-0.05, 0) is 67.5 Å².